The number of ketones is 1. The first-order chi connectivity index (χ1) is 12.2. The van der Waals surface area contributed by atoms with Crippen LogP contribution >= 0.6 is 11.3 Å². The minimum absolute atomic E-state index is 0.180. The fourth-order valence-electron chi connectivity index (χ4n) is 4.20. The van der Waals surface area contributed by atoms with Crippen molar-refractivity contribution in [3.05, 3.63) is 57.3 Å². The zero-order valence-electron chi connectivity index (χ0n) is 14.9. The van der Waals surface area contributed by atoms with E-state index >= 15 is 0 Å². The average Bonchev–Trinajstić information content (AvgIpc) is 3.10. The molecule has 0 amide bonds. The standard InChI is InChI=1S/C21H26N2OS/c1-16(24)21-11-17(15-25-21)12-22-9-4-7-20(14-22)23-10-8-18-5-2-3-6-19(18)13-23/h2-3,5-6,11,15,20H,4,7-10,12-14H2,1H3/t20-/m1/s1. The number of piperidine rings is 1. The summed E-state index contributed by atoms with van der Waals surface area (Å²) >= 11 is 1.58. The maximum absolute atomic E-state index is 11.5. The normalized spacial score (nSPS) is 21.9. The van der Waals surface area contributed by atoms with Crippen LogP contribution in [0.25, 0.3) is 0 Å². The van der Waals surface area contributed by atoms with Gasteiger partial charge >= 0.3 is 0 Å². The predicted molar refractivity (Wildman–Crippen MR) is 103 cm³/mol. The van der Waals surface area contributed by atoms with Crippen LogP contribution in [0.2, 0.25) is 0 Å². The predicted octanol–water partition coefficient (Wildman–Crippen LogP) is 3.97. The van der Waals surface area contributed by atoms with Crippen molar-refractivity contribution in [2.24, 2.45) is 0 Å². The van der Waals surface area contributed by atoms with Gasteiger partial charge in [0, 0.05) is 32.2 Å². The largest absolute Gasteiger partial charge is 0.297 e. The van der Waals surface area contributed by atoms with Crippen LogP contribution in [0, 0.1) is 0 Å². The molecule has 4 rings (SSSR count). The smallest absolute Gasteiger partial charge is 0.169 e. The fraction of sp³-hybridized carbons (Fsp3) is 0.476. The van der Waals surface area contributed by atoms with E-state index in [0.717, 1.165) is 24.5 Å². The lowest BCUT2D eigenvalue weighted by molar-refractivity contribution is 0.0839. The second-order valence-electron chi connectivity index (χ2n) is 7.40. The molecule has 0 unspecified atom stereocenters. The second kappa shape index (κ2) is 7.40. The van der Waals surface area contributed by atoms with Crippen LogP contribution in [0.3, 0.4) is 0 Å². The highest BCUT2D eigenvalue weighted by molar-refractivity contribution is 7.12. The van der Waals surface area contributed by atoms with Gasteiger partial charge in [-0.2, -0.15) is 0 Å². The van der Waals surface area contributed by atoms with E-state index in [1.165, 1.54) is 49.0 Å². The van der Waals surface area contributed by atoms with Crippen molar-refractivity contribution in [2.75, 3.05) is 19.6 Å². The van der Waals surface area contributed by atoms with Gasteiger partial charge in [0.25, 0.3) is 0 Å². The van der Waals surface area contributed by atoms with E-state index in [-0.39, 0.29) is 5.78 Å². The number of nitrogens with zero attached hydrogens (tertiary/aromatic N) is 2. The molecule has 4 heteroatoms. The third kappa shape index (κ3) is 3.86. The zero-order chi connectivity index (χ0) is 17.2. The SMILES string of the molecule is CC(=O)c1cc(CN2CCC[C@@H](N3CCc4ccccc4C3)C2)cs1. The lowest BCUT2D eigenvalue weighted by Gasteiger charge is -2.41. The molecule has 0 saturated carbocycles. The molecule has 3 heterocycles. The number of hydrogen-bond donors (Lipinski definition) is 0. The van der Waals surface area contributed by atoms with E-state index in [1.54, 1.807) is 18.3 Å². The molecule has 3 nitrogen and oxygen atoms in total. The highest BCUT2D eigenvalue weighted by atomic mass is 32.1. The van der Waals surface area contributed by atoms with Crippen LogP contribution in [0.15, 0.2) is 35.7 Å². The summed E-state index contributed by atoms with van der Waals surface area (Å²) < 4.78 is 0. The van der Waals surface area contributed by atoms with E-state index in [2.05, 4.69) is 45.5 Å². The number of hydrogen-bond acceptors (Lipinski definition) is 4. The number of benzene rings is 1. The molecule has 2 aliphatic rings. The van der Waals surface area contributed by atoms with Crippen LogP contribution in [0.4, 0.5) is 0 Å². The molecular formula is C21H26N2OS. The molecule has 1 aromatic heterocycles. The van der Waals surface area contributed by atoms with Crippen molar-refractivity contribution >= 4 is 17.1 Å². The average molecular weight is 355 g/mol. The third-order valence-corrected chi connectivity index (χ3v) is 6.64. The molecule has 0 bridgehead atoms. The van der Waals surface area contributed by atoms with Gasteiger partial charge in [-0.25, -0.2) is 0 Å². The van der Waals surface area contributed by atoms with Crippen LogP contribution < -0.4 is 0 Å². The Kier molecular flexibility index (Phi) is 5.02. The quantitative estimate of drug-likeness (QED) is 0.776. The summed E-state index contributed by atoms with van der Waals surface area (Å²) in [7, 11) is 0. The number of fused-ring (bicyclic) bond motifs is 1. The van der Waals surface area contributed by atoms with E-state index < -0.39 is 0 Å². The summed E-state index contributed by atoms with van der Waals surface area (Å²) in [6.07, 6.45) is 3.76. The summed E-state index contributed by atoms with van der Waals surface area (Å²) in [5.41, 5.74) is 4.33. The van der Waals surface area contributed by atoms with Crippen LogP contribution in [-0.2, 0) is 19.5 Å². The number of likely N-dealkylation sites (tertiary alicyclic amines) is 1. The Morgan fingerprint density at radius 1 is 1.24 bits per heavy atom. The molecule has 2 aliphatic heterocycles. The lowest BCUT2D eigenvalue weighted by atomic mass is 9.96. The second-order valence-corrected chi connectivity index (χ2v) is 8.31. The molecule has 1 saturated heterocycles. The molecule has 1 fully saturated rings. The Labute approximate surface area is 154 Å². The molecule has 0 radical (unpaired) electrons. The van der Waals surface area contributed by atoms with Gasteiger partial charge in [-0.15, -0.1) is 11.3 Å². The van der Waals surface area contributed by atoms with Crippen LogP contribution in [0.1, 0.15) is 46.1 Å². The Hall–Kier alpha value is -1.49. The number of thiophene rings is 1. The van der Waals surface area contributed by atoms with Crippen molar-refractivity contribution < 1.29 is 4.79 Å². The molecule has 0 spiro atoms. The minimum Gasteiger partial charge on any atom is -0.297 e. The van der Waals surface area contributed by atoms with Crippen molar-refractivity contribution in [1.29, 1.82) is 0 Å². The monoisotopic (exact) mass is 354 g/mol. The molecular weight excluding hydrogens is 328 g/mol. The van der Waals surface area contributed by atoms with Gasteiger partial charge in [0.2, 0.25) is 0 Å². The van der Waals surface area contributed by atoms with Crippen molar-refractivity contribution in [3.8, 4) is 0 Å². The van der Waals surface area contributed by atoms with Gasteiger partial charge in [0.15, 0.2) is 5.78 Å². The van der Waals surface area contributed by atoms with Crippen molar-refractivity contribution in [2.45, 2.75) is 45.3 Å². The van der Waals surface area contributed by atoms with E-state index in [1.807, 2.05) is 0 Å². The fourth-order valence-corrected chi connectivity index (χ4v) is 5.01. The summed E-state index contributed by atoms with van der Waals surface area (Å²) in [6.45, 7) is 7.23. The maximum atomic E-state index is 11.5. The van der Waals surface area contributed by atoms with Gasteiger partial charge in [0.1, 0.15) is 0 Å². The number of rotatable bonds is 4. The maximum Gasteiger partial charge on any atom is 0.169 e. The van der Waals surface area contributed by atoms with E-state index in [0.29, 0.717) is 6.04 Å². The highest BCUT2D eigenvalue weighted by Gasteiger charge is 2.28. The molecule has 2 aromatic rings. The third-order valence-electron chi connectivity index (χ3n) is 5.56. The molecule has 1 atom stereocenters. The van der Waals surface area contributed by atoms with Crippen molar-refractivity contribution in [1.82, 2.24) is 9.80 Å². The van der Waals surface area contributed by atoms with Crippen LogP contribution in [-0.4, -0.2) is 41.3 Å². The van der Waals surface area contributed by atoms with E-state index in [4.69, 9.17) is 0 Å². The Bertz CT molecular complexity index is 754. The Morgan fingerprint density at radius 2 is 2.08 bits per heavy atom. The Balaban J connectivity index is 1.38. The molecule has 1 aromatic carbocycles. The molecule has 0 N–H and O–H groups in total. The summed E-state index contributed by atoms with van der Waals surface area (Å²) in [5.74, 6) is 0.180. The van der Waals surface area contributed by atoms with Crippen LogP contribution in [0.5, 0.6) is 0 Å². The first-order valence-corrected chi connectivity index (χ1v) is 10.2. The lowest BCUT2D eigenvalue weighted by Crippen LogP contribution is -2.49. The molecule has 0 aliphatic carbocycles. The zero-order valence-corrected chi connectivity index (χ0v) is 15.7. The molecule has 132 valence electrons. The number of carbonyl (C=O) groups excluding carboxylic acids is 1. The van der Waals surface area contributed by atoms with Gasteiger partial charge in [-0.3, -0.25) is 14.6 Å². The molecule has 25 heavy (non-hydrogen) atoms. The van der Waals surface area contributed by atoms with Gasteiger partial charge < -0.3 is 0 Å². The summed E-state index contributed by atoms with van der Waals surface area (Å²) in [6, 6.07) is 11.6. The summed E-state index contributed by atoms with van der Waals surface area (Å²) in [4.78, 5) is 17.6. The topological polar surface area (TPSA) is 23.6 Å². The number of carbonyl (C=O) groups is 1. The first-order valence-electron chi connectivity index (χ1n) is 9.30. The van der Waals surface area contributed by atoms with E-state index in [9.17, 15) is 4.79 Å². The first kappa shape index (κ1) is 17.0. The van der Waals surface area contributed by atoms with Gasteiger partial charge in [0.05, 0.1) is 4.88 Å². The summed E-state index contributed by atoms with van der Waals surface area (Å²) in [5, 5.41) is 2.15. The minimum atomic E-state index is 0.180. The number of Topliss-reactive ketones (excluding diaryl/α,β-unsaturated/α-hetero) is 1. The van der Waals surface area contributed by atoms with Crippen molar-refractivity contribution in [3.63, 3.8) is 0 Å². The highest BCUT2D eigenvalue weighted by Crippen LogP contribution is 2.25. The Morgan fingerprint density at radius 3 is 2.88 bits per heavy atom. The van der Waals surface area contributed by atoms with Gasteiger partial charge in [-0.05, 0) is 60.9 Å². The van der Waals surface area contributed by atoms with Gasteiger partial charge in [-0.1, -0.05) is 24.3 Å².